The van der Waals surface area contributed by atoms with Crippen molar-refractivity contribution in [3.05, 3.63) is 28.7 Å². The molecule has 0 aromatic heterocycles. The Morgan fingerprint density at radius 2 is 2.15 bits per heavy atom. The van der Waals surface area contributed by atoms with Crippen molar-refractivity contribution in [3.63, 3.8) is 0 Å². The summed E-state index contributed by atoms with van der Waals surface area (Å²) < 4.78 is 6.39. The zero-order chi connectivity index (χ0) is 9.52. The highest BCUT2D eigenvalue weighted by Crippen LogP contribution is 2.23. The highest BCUT2D eigenvalue weighted by atomic mass is 79.9. The van der Waals surface area contributed by atoms with E-state index in [-0.39, 0.29) is 0 Å². The molecule has 0 radical (unpaired) electrons. The van der Waals surface area contributed by atoms with Gasteiger partial charge in [-0.25, -0.2) is 0 Å². The fourth-order valence-corrected chi connectivity index (χ4v) is 1.29. The number of hydrogen-bond acceptors (Lipinski definition) is 2. The van der Waals surface area contributed by atoms with Gasteiger partial charge in [-0.15, -0.1) is 0 Å². The minimum Gasteiger partial charge on any atom is -0.492 e. The molecule has 0 unspecified atom stereocenters. The molecule has 2 nitrogen and oxygen atoms in total. The molecule has 68 valence electrons. The summed E-state index contributed by atoms with van der Waals surface area (Å²) in [6.45, 7) is 0.593. The molecule has 13 heavy (non-hydrogen) atoms. The first-order valence-electron chi connectivity index (χ1n) is 4.09. The lowest BCUT2D eigenvalue weighted by Gasteiger charge is -2.05. The fraction of sp³-hybridized carbons (Fsp3) is 0.300. The summed E-state index contributed by atoms with van der Waals surface area (Å²) >= 11 is 3.38. The maximum Gasteiger partial charge on any atom is 0.133 e. The number of nitriles is 1. The van der Waals surface area contributed by atoms with Crippen molar-refractivity contribution < 1.29 is 4.74 Å². The van der Waals surface area contributed by atoms with Gasteiger partial charge in [-0.1, -0.05) is 12.1 Å². The van der Waals surface area contributed by atoms with Crippen molar-refractivity contribution in [1.82, 2.24) is 0 Å². The molecule has 0 N–H and O–H groups in total. The van der Waals surface area contributed by atoms with Crippen molar-refractivity contribution in [1.29, 1.82) is 5.26 Å². The van der Waals surface area contributed by atoms with Gasteiger partial charge in [0.15, 0.2) is 0 Å². The first-order valence-corrected chi connectivity index (χ1v) is 4.88. The Morgan fingerprint density at radius 3 is 2.85 bits per heavy atom. The smallest absolute Gasteiger partial charge is 0.133 e. The SMILES string of the molecule is N#CCCCOc1ccccc1Br. The summed E-state index contributed by atoms with van der Waals surface area (Å²) in [5.41, 5.74) is 0. The van der Waals surface area contributed by atoms with Crippen molar-refractivity contribution in [2.75, 3.05) is 6.61 Å². The van der Waals surface area contributed by atoms with E-state index < -0.39 is 0 Å². The van der Waals surface area contributed by atoms with Gasteiger partial charge in [0.05, 0.1) is 17.1 Å². The largest absolute Gasteiger partial charge is 0.492 e. The maximum atomic E-state index is 8.30. The lowest BCUT2D eigenvalue weighted by molar-refractivity contribution is 0.311. The van der Waals surface area contributed by atoms with E-state index in [0.717, 1.165) is 16.6 Å². The van der Waals surface area contributed by atoms with Crippen LogP contribution in [0.5, 0.6) is 5.75 Å². The van der Waals surface area contributed by atoms with Gasteiger partial charge in [0.1, 0.15) is 5.75 Å². The van der Waals surface area contributed by atoms with E-state index in [2.05, 4.69) is 22.0 Å². The van der Waals surface area contributed by atoms with Crippen LogP contribution in [0.2, 0.25) is 0 Å². The van der Waals surface area contributed by atoms with Gasteiger partial charge in [-0.3, -0.25) is 0 Å². The Morgan fingerprint density at radius 1 is 1.38 bits per heavy atom. The number of nitrogens with zero attached hydrogens (tertiary/aromatic N) is 1. The zero-order valence-electron chi connectivity index (χ0n) is 7.16. The quantitative estimate of drug-likeness (QED) is 0.757. The number of halogens is 1. The third kappa shape index (κ3) is 3.47. The summed E-state index contributed by atoms with van der Waals surface area (Å²) in [4.78, 5) is 0. The molecule has 1 aromatic rings. The van der Waals surface area contributed by atoms with Crippen LogP contribution in [0.4, 0.5) is 0 Å². The average Bonchev–Trinajstić information content (AvgIpc) is 2.15. The number of ether oxygens (including phenoxy) is 1. The van der Waals surface area contributed by atoms with E-state index in [4.69, 9.17) is 10.00 Å². The van der Waals surface area contributed by atoms with Crippen molar-refractivity contribution in [3.8, 4) is 11.8 Å². The van der Waals surface area contributed by atoms with Gasteiger partial charge in [0, 0.05) is 6.42 Å². The third-order valence-corrected chi connectivity index (χ3v) is 2.18. The summed E-state index contributed by atoms with van der Waals surface area (Å²) in [7, 11) is 0. The summed E-state index contributed by atoms with van der Waals surface area (Å²) in [6.07, 6.45) is 1.32. The van der Waals surface area contributed by atoms with E-state index >= 15 is 0 Å². The standard InChI is InChI=1S/C10H10BrNO/c11-9-5-1-2-6-10(9)13-8-4-3-7-12/h1-2,5-6H,3-4,8H2. The van der Waals surface area contributed by atoms with Crippen molar-refractivity contribution in [2.24, 2.45) is 0 Å². The van der Waals surface area contributed by atoms with Crippen LogP contribution >= 0.6 is 15.9 Å². The van der Waals surface area contributed by atoms with Crippen LogP contribution in [0.1, 0.15) is 12.8 Å². The molecule has 0 atom stereocenters. The zero-order valence-corrected chi connectivity index (χ0v) is 8.75. The minimum absolute atomic E-state index is 0.546. The van der Waals surface area contributed by atoms with Crippen LogP contribution in [0.25, 0.3) is 0 Å². The molecule has 0 aliphatic heterocycles. The highest BCUT2D eigenvalue weighted by Gasteiger charge is 1.97. The second kappa shape index (κ2) is 5.60. The predicted octanol–water partition coefficient (Wildman–Crippen LogP) is 3.13. The van der Waals surface area contributed by atoms with Crippen LogP contribution in [0, 0.1) is 11.3 Å². The predicted molar refractivity (Wildman–Crippen MR) is 54.5 cm³/mol. The van der Waals surface area contributed by atoms with Gasteiger partial charge in [-0.2, -0.15) is 5.26 Å². The van der Waals surface area contributed by atoms with E-state index in [1.165, 1.54) is 0 Å². The van der Waals surface area contributed by atoms with Gasteiger partial charge in [0.2, 0.25) is 0 Å². The highest BCUT2D eigenvalue weighted by molar-refractivity contribution is 9.10. The molecule has 0 heterocycles. The molecular formula is C10H10BrNO. The lowest BCUT2D eigenvalue weighted by atomic mass is 10.3. The van der Waals surface area contributed by atoms with E-state index in [9.17, 15) is 0 Å². The molecule has 0 saturated carbocycles. The monoisotopic (exact) mass is 239 g/mol. The molecule has 1 aromatic carbocycles. The third-order valence-electron chi connectivity index (χ3n) is 1.53. The first-order chi connectivity index (χ1) is 6.34. The lowest BCUT2D eigenvalue weighted by Crippen LogP contribution is -1.96. The maximum absolute atomic E-state index is 8.30. The van der Waals surface area contributed by atoms with Gasteiger partial charge >= 0.3 is 0 Å². The van der Waals surface area contributed by atoms with Crippen LogP contribution in [0.15, 0.2) is 28.7 Å². The average molecular weight is 240 g/mol. The molecule has 0 fully saturated rings. The van der Waals surface area contributed by atoms with Gasteiger partial charge in [-0.05, 0) is 34.5 Å². The Kier molecular flexibility index (Phi) is 4.34. The fourth-order valence-electron chi connectivity index (χ4n) is 0.895. The van der Waals surface area contributed by atoms with Crippen LogP contribution < -0.4 is 4.74 Å². The minimum atomic E-state index is 0.546. The number of hydrogen-bond donors (Lipinski definition) is 0. The Hall–Kier alpha value is -1.01. The molecule has 0 saturated heterocycles. The number of para-hydroxylation sites is 1. The molecule has 0 amide bonds. The summed E-state index contributed by atoms with van der Waals surface area (Å²) in [5.74, 6) is 0.834. The Labute approximate surface area is 86.3 Å². The summed E-state index contributed by atoms with van der Waals surface area (Å²) in [6, 6.07) is 9.76. The molecule has 0 aliphatic carbocycles. The topological polar surface area (TPSA) is 33.0 Å². The van der Waals surface area contributed by atoms with Crippen LogP contribution in [-0.2, 0) is 0 Å². The number of benzene rings is 1. The molecule has 0 bridgehead atoms. The van der Waals surface area contributed by atoms with Crippen LogP contribution in [0.3, 0.4) is 0 Å². The van der Waals surface area contributed by atoms with Crippen molar-refractivity contribution in [2.45, 2.75) is 12.8 Å². The first kappa shape index (κ1) is 10.1. The Balaban J connectivity index is 2.37. The van der Waals surface area contributed by atoms with E-state index in [0.29, 0.717) is 13.0 Å². The van der Waals surface area contributed by atoms with Gasteiger partial charge in [0.25, 0.3) is 0 Å². The van der Waals surface area contributed by atoms with Gasteiger partial charge < -0.3 is 4.74 Å². The molecule has 0 spiro atoms. The number of rotatable bonds is 4. The second-order valence-electron chi connectivity index (χ2n) is 2.54. The van der Waals surface area contributed by atoms with Crippen molar-refractivity contribution >= 4 is 15.9 Å². The summed E-state index contributed by atoms with van der Waals surface area (Å²) in [5, 5.41) is 8.30. The van der Waals surface area contributed by atoms with E-state index in [1.807, 2.05) is 24.3 Å². The normalized spacial score (nSPS) is 9.23. The van der Waals surface area contributed by atoms with Crippen LogP contribution in [-0.4, -0.2) is 6.61 Å². The molecule has 1 rings (SSSR count). The Bertz CT molecular complexity index is 306. The molecule has 0 aliphatic rings. The van der Waals surface area contributed by atoms with E-state index in [1.54, 1.807) is 0 Å². The molecular weight excluding hydrogens is 230 g/mol. The number of unbranched alkanes of at least 4 members (excludes halogenated alkanes) is 1. The molecule has 3 heteroatoms. The second-order valence-corrected chi connectivity index (χ2v) is 3.39.